The van der Waals surface area contributed by atoms with Crippen molar-refractivity contribution >= 4 is 23.2 Å². The van der Waals surface area contributed by atoms with Crippen LogP contribution in [0.2, 0.25) is 5.02 Å². The predicted octanol–water partition coefficient (Wildman–Crippen LogP) is 2.28. The van der Waals surface area contributed by atoms with E-state index in [2.05, 4.69) is 32.2 Å². The molecule has 0 aliphatic heterocycles. The Kier molecular flexibility index (Phi) is 5.17. The van der Waals surface area contributed by atoms with Gasteiger partial charge in [-0.2, -0.15) is 5.10 Å². The highest BCUT2D eigenvalue weighted by molar-refractivity contribution is 6.30. The monoisotopic (exact) mass is 294 g/mol. The van der Waals surface area contributed by atoms with Crippen molar-refractivity contribution in [1.82, 2.24) is 19.7 Å². The van der Waals surface area contributed by atoms with E-state index in [-0.39, 0.29) is 0 Å². The summed E-state index contributed by atoms with van der Waals surface area (Å²) in [6, 6.07) is 1.95. The van der Waals surface area contributed by atoms with Crippen molar-refractivity contribution in [3.63, 3.8) is 0 Å². The summed E-state index contributed by atoms with van der Waals surface area (Å²) in [4.78, 5) is 10.5. The first kappa shape index (κ1) is 14.6. The number of nitrogens with zero attached hydrogens (tertiary/aromatic N) is 5. The van der Waals surface area contributed by atoms with E-state index in [1.165, 1.54) is 0 Å². The molecule has 20 heavy (non-hydrogen) atoms. The summed E-state index contributed by atoms with van der Waals surface area (Å²) in [6.45, 7) is 4.65. The van der Waals surface area contributed by atoms with Gasteiger partial charge >= 0.3 is 0 Å². The molecule has 0 aromatic carbocycles. The quantitative estimate of drug-likeness (QED) is 0.794. The molecule has 2 heterocycles. The normalized spacial score (nSPS) is 10.6. The first-order valence-electron chi connectivity index (χ1n) is 6.64. The highest BCUT2D eigenvalue weighted by Gasteiger charge is 2.02. The first-order valence-corrected chi connectivity index (χ1v) is 7.02. The van der Waals surface area contributed by atoms with Crippen LogP contribution < -0.4 is 10.2 Å². The average Bonchev–Trinajstić information content (AvgIpc) is 2.88. The third-order valence-corrected chi connectivity index (χ3v) is 3.19. The van der Waals surface area contributed by atoms with Gasteiger partial charge in [-0.1, -0.05) is 11.6 Å². The fraction of sp³-hybridized carbons (Fsp3) is 0.462. The predicted molar refractivity (Wildman–Crippen MR) is 81.3 cm³/mol. The summed E-state index contributed by atoms with van der Waals surface area (Å²) < 4.78 is 1.83. The van der Waals surface area contributed by atoms with Gasteiger partial charge in [-0.15, -0.1) is 0 Å². The van der Waals surface area contributed by atoms with Crippen LogP contribution in [0.3, 0.4) is 0 Å². The molecule has 6 nitrogen and oxygen atoms in total. The highest BCUT2D eigenvalue weighted by Crippen LogP contribution is 2.12. The average molecular weight is 295 g/mol. The number of aromatic nitrogens is 4. The van der Waals surface area contributed by atoms with Crippen molar-refractivity contribution in [2.24, 2.45) is 0 Å². The Morgan fingerprint density at radius 1 is 1.40 bits per heavy atom. The lowest BCUT2D eigenvalue weighted by molar-refractivity contribution is 0.591. The van der Waals surface area contributed by atoms with E-state index < -0.39 is 0 Å². The topological polar surface area (TPSA) is 58.9 Å². The van der Waals surface area contributed by atoms with Crippen LogP contribution in [0.1, 0.15) is 13.3 Å². The molecule has 108 valence electrons. The number of hydrogen-bond acceptors (Lipinski definition) is 5. The summed E-state index contributed by atoms with van der Waals surface area (Å²) in [5, 5.41) is 8.09. The van der Waals surface area contributed by atoms with Crippen LogP contribution in [0, 0.1) is 0 Å². The molecule has 1 N–H and O–H groups in total. The largest absolute Gasteiger partial charge is 0.370 e. The van der Waals surface area contributed by atoms with E-state index in [1.807, 2.05) is 24.0 Å². The lowest BCUT2D eigenvalue weighted by Gasteiger charge is -2.15. The van der Waals surface area contributed by atoms with Gasteiger partial charge in [0.2, 0.25) is 0 Å². The molecule has 7 heteroatoms. The van der Waals surface area contributed by atoms with Crippen LogP contribution in [0.4, 0.5) is 11.6 Å². The van der Waals surface area contributed by atoms with Crippen LogP contribution in [0.15, 0.2) is 24.8 Å². The Balaban J connectivity index is 1.79. The number of nitrogens with one attached hydrogen (secondary N) is 1. The molecule has 0 bridgehead atoms. The van der Waals surface area contributed by atoms with Crippen molar-refractivity contribution < 1.29 is 0 Å². The van der Waals surface area contributed by atoms with Gasteiger partial charge in [0.25, 0.3) is 0 Å². The molecule has 0 fully saturated rings. The maximum atomic E-state index is 5.81. The molecule has 0 saturated carbocycles. The number of aryl methyl sites for hydroxylation is 1. The van der Waals surface area contributed by atoms with Crippen LogP contribution in [-0.4, -0.2) is 39.9 Å². The SMILES string of the molecule is CCN(C)c1cc(NCCCn2cc(Cl)cn2)ncn1. The minimum atomic E-state index is 0.668. The van der Waals surface area contributed by atoms with Crippen molar-refractivity contribution in [1.29, 1.82) is 0 Å². The molecule has 0 radical (unpaired) electrons. The van der Waals surface area contributed by atoms with E-state index in [0.717, 1.165) is 37.7 Å². The molecular formula is C13H19ClN6. The number of halogens is 1. The van der Waals surface area contributed by atoms with E-state index in [0.29, 0.717) is 5.02 Å². The van der Waals surface area contributed by atoms with E-state index in [9.17, 15) is 0 Å². The molecule has 0 amide bonds. The van der Waals surface area contributed by atoms with Gasteiger partial charge in [0.05, 0.1) is 11.2 Å². The first-order chi connectivity index (χ1) is 9.69. The third kappa shape index (κ3) is 4.09. The zero-order chi connectivity index (χ0) is 14.4. The maximum Gasteiger partial charge on any atom is 0.133 e. The van der Waals surface area contributed by atoms with Crippen LogP contribution in [0.25, 0.3) is 0 Å². The van der Waals surface area contributed by atoms with Gasteiger partial charge in [-0.25, -0.2) is 9.97 Å². The zero-order valence-corrected chi connectivity index (χ0v) is 12.5. The smallest absolute Gasteiger partial charge is 0.133 e. The van der Waals surface area contributed by atoms with Gasteiger partial charge in [0, 0.05) is 38.9 Å². The van der Waals surface area contributed by atoms with Crippen molar-refractivity contribution in [3.8, 4) is 0 Å². The Morgan fingerprint density at radius 2 is 2.25 bits per heavy atom. The minimum Gasteiger partial charge on any atom is -0.370 e. The fourth-order valence-corrected chi connectivity index (χ4v) is 1.89. The fourth-order valence-electron chi connectivity index (χ4n) is 1.73. The molecular weight excluding hydrogens is 276 g/mol. The third-order valence-electron chi connectivity index (χ3n) is 2.99. The molecule has 0 aliphatic rings. The van der Waals surface area contributed by atoms with Crippen molar-refractivity contribution in [2.45, 2.75) is 19.9 Å². The summed E-state index contributed by atoms with van der Waals surface area (Å²) >= 11 is 5.81. The summed E-state index contributed by atoms with van der Waals surface area (Å²) in [5.41, 5.74) is 0. The number of anilines is 2. The van der Waals surface area contributed by atoms with Crippen LogP contribution >= 0.6 is 11.6 Å². The molecule has 2 aromatic rings. The summed E-state index contributed by atoms with van der Waals surface area (Å²) in [7, 11) is 2.01. The van der Waals surface area contributed by atoms with E-state index in [4.69, 9.17) is 11.6 Å². The van der Waals surface area contributed by atoms with Gasteiger partial charge in [-0.05, 0) is 13.3 Å². The van der Waals surface area contributed by atoms with Gasteiger partial charge in [0.1, 0.15) is 18.0 Å². The zero-order valence-electron chi connectivity index (χ0n) is 11.8. The Labute approximate surface area is 123 Å². The number of rotatable bonds is 7. The maximum absolute atomic E-state index is 5.81. The Morgan fingerprint density at radius 3 is 2.95 bits per heavy atom. The molecule has 0 aliphatic carbocycles. The van der Waals surface area contributed by atoms with Crippen LogP contribution in [-0.2, 0) is 6.54 Å². The van der Waals surface area contributed by atoms with E-state index >= 15 is 0 Å². The van der Waals surface area contributed by atoms with Crippen LogP contribution in [0.5, 0.6) is 0 Å². The molecule has 0 unspecified atom stereocenters. The second-order valence-electron chi connectivity index (χ2n) is 4.48. The number of hydrogen-bond donors (Lipinski definition) is 1. The minimum absolute atomic E-state index is 0.668. The molecule has 0 spiro atoms. The second kappa shape index (κ2) is 7.09. The summed E-state index contributed by atoms with van der Waals surface area (Å²) in [6.07, 6.45) is 5.99. The Hall–Kier alpha value is -1.82. The molecule has 0 atom stereocenters. The Bertz CT molecular complexity index is 541. The van der Waals surface area contributed by atoms with E-state index in [1.54, 1.807) is 12.5 Å². The van der Waals surface area contributed by atoms with Crippen molar-refractivity contribution in [2.75, 3.05) is 30.4 Å². The lowest BCUT2D eigenvalue weighted by Crippen LogP contribution is -2.17. The molecule has 2 rings (SSSR count). The second-order valence-corrected chi connectivity index (χ2v) is 4.91. The van der Waals surface area contributed by atoms with Crippen molar-refractivity contribution in [3.05, 3.63) is 29.8 Å². The molecule has 0 saturated heterocycles. The van der Waals surface area contributed by atoms with Gasteiger partial charge in [0.15, 0.2) is 0 Å². The standard InChI is InChI=1S/C13H19ClN6/c1-3-19(2)13-7-12(16-10-17-13)15-5-4-6-20-9-11(14)8-18-20/h7-10H,3-6H2,1-2H3,(H,15,16,17). The summed E-state index contributed by atoms with van der Waals surface area (Å²) in [5.74, 6) is 1.76. The van der Waals surface area contributed by atoms with Gasteiger partial charge < -0.3 is 10.2 Å². The van der Waals surface area contributed by atoms with Gasteiger partial charge in [-0.3, -0.25) is 4.68 Å². The highest BCUT2D eigenvalue weighted by atomic mass is 35.5. The molecule has 2 aromatic heterocycles. The lowest BCUT2D eigenvalue weighted by atomic mass is 10.4.